The third-order valence-electron chi connectivity index (χ3n) is 1.77. The van der Waals surface area contributed by atoms with Crippen LogP contribution in [0.2, 0.25) is 0 Å². The van der Waals surface area contributed by atoms with Gasteiger partial charge in [-0.05, 0) is 11.6 Å². The van der Waals surface area contributed by atoms with E-state index in [9.17, 15) is 0 Å². The molecular formula is C8H13N3O. The predicted octanol–water partition coefficient (Wildman–Crippen LogP) is -0.157. The molecule has 0 heterocycles. The lowest BCUT2D eigenvalue weighted by Gasteiger charge is -2.12. The summed E-state index contributed by atoms with van der Waals surface area (Å²) in [6, 6.07) is 4.76. The normalized spacial score (nSPS) is 12.8. The summed E-state index contributed by atoms with van der Waals surface area (Å²) in [5.74, 6) is 0. The van der Waals surface area contributed by atoms with Gasteiger partial charge < -0.3 is 22.3 Å². The van der Waals surface area contributed by atoms with Crippen molar-refractivity contribution in [3.63, 3.8) is 0 Å². The van der Waals surface area contributed by atoms with E-state index in [2.05, 4.69) is 0 Å². The third-order valence-corrected chi connectivity index (χ3v) is 1.77. The fourth-order valence-corrected chi connectivity index (χ4v) is 1.02. The van der Waals surface area contributed by atoms with Crippen molar-refractivity contribution >= 4 is 11.4 Å². The highest BCUT2D eigenvalue weighted by Crippen LogP contribution is 2.23. The van der Waals surface area contributed by atoms with Crippen LogP contribution in [-0.4, -0.2) is 11.7 Å². The zero-order chi connectivity index (χ0) is 9.14. The van der Waals surface area contributed by atoms with E-state index in [1.807, 2.05) is 0 Å². The van der Waals surface area contributed by atoms with E-state index in [0.717, 1.165) is 0 Å². The van der Waals surface area contributed by atoms with E-state index in [4.69, 9.17) is 22.3 Å². The fourth-order valence-electron chi connectivity index (χ4n) is 1.02. The zero-order valence-electron chi connectivity index (χ0n) is 6.70. The van der Waals surface area contributed by atoms with Gasteiger partial charge in [0.25, 0.3) is 0 Å². The molecule has 0 aliphatic rings. The molecule has 0 aromatic heterocycles. The molecule has 4 heteroatoms. The maximum Gasteiger partial charge on any atom is 0.0625 e. The Morgan fingerprint density at radius 2 is 2.00 bits per heavy atom. The first-order valence-electron chi connectivity index (χ1n) is 3.67. The Morgan fingerprint density at radius 3 is 2.58 bits per heavy atom. The molecule has 0 unspecified atom stereocenters. The van der Waals surface area contributed by atoms with Crippen molar-refractivity contribution in [1.29, 1.82) is 0 Å². The fraction of sp³-hybridized carbons (Fsp3) is 0.250. The van der Waals surface area contributed by atoms with Crippen LogP contribution in [0, 0.1) is 0 Å². The molecule has 0 radical (unpaired) electrons. The van der Waals surface area contributed by atoms with Crippen molar-refractivity contribution in [2.45, 2.75) is 6.04 Å². The molecule has 0 fully saturated rings. The lowest BCUT2D eigenvalue weighted by atomic mass is 10.1. The van der Waals surface area contributed by atoms with Crippen molar-refractivity contribution in [2.24, 2.45) is 5.73 Å². The summed E-state index contributed by atoms with van der Waals surface area (Å²) >= 11 is 0. The molecule has 12 heavy (non-hydrogen) atoms. The molecule has 0 amide bonds. The average Bonchev–Trinajstić information content (AvgIpc) is 2.08. The van der Waals surface area contributed by atoms with Gasteiger partial charge in [-0.1, -0.05) is 12.1 Å². The third kappa shape index (κ3) is 1.49. The summed E-state index contributed by atoms with van der Waals surface area (Å²) in [6.45, 7) is -0.131. The molecule has 1 atom stereocenters. The van der Waals surface area contributed by atoms with E-state index in [-0.39, 0.29) is 6.61 Å². The monoisotopic (exact) mass is 167 g/mol. The van der Waals surface area contributed by atoms with E-state index >= 15 is 0 Å². The molecule has 0 aliphatic carbocycles. The Bertz CT molecular complexity index is 275. The minimum Gasteiger partial charge on any atom is -0.397 e. The van der Waals surface area contributed by atoms with Crippen LogP contribution in [0.5, 0.6) is 0 Å². The van der Waals surface area contributed by atoms with Crippen molar-refractivity contribution in [2.75, 3.05) is 18.1 Å². The molecule has 0 saturated heterocycles. The lowest BCUT2D eigenvalue weighted by Crippen LogP contribution is -2.16. The second-order valence-corrected chi connectivity index (χ2v) is 2.64. The summed E-state index contributed by atoms with van der Waals surface area (Å²) in [5, 5.41) is 8.78. The van der Waals surface area contributed by atoms with Crippen LogP contribution in [-0.2, 0) is 0 Å². The summed E-state index contributed by atoms with van der Waals surface area (Å²) in [5.41, 5.74) is 18.4. The summed E-state index contributed by atoms with van der Waals surface area (Å²) < 4.78 is 0. The smallest absolute Gasteiger partial charge is 0.0625 e. The van der Waals surface area contributed by atoms with E-state index in [0.29, 0.717) is 16.9 Å². The van der Waals surface area contributed by atoms with Gasteiger partial charge in [0, 0.05) is 0 Å². The Labute approximate surface area is 71.0 Å². The first-order valence-corrected chi connectivity index (χ1v) is 3.67. The quantitative estimate of drug-likeness (QED) is 0.460. The summed E-state index contributed by atoms with van der Waals surface area (Å²) in [4.78, 5) is 0. The summed E-state index contributed by atoms with van der Waals surface area (Å²) in [6.07, 6.45) is 0. The lowest BCUT2D eigenvalue weighted by molar-refractivity contribution is 0.268. The molecule has 0 bridgehead atoms. The molecule has 66 valence electrons. The molecule has 0 spiro atoms. The van der Waals surface area contributed by atoms with E-state index < -0.39 is 6.04 Å². The minimum atomic E-state index is -0.450. The molecule has 0 aliphatic heterocycles. The van der Waals surface area contributed by atoms with Crippen molar-refractivity contribution in [1.82, 2.24) is 0 Å². The number of hydrogen-bond donors (Lipinski definition) is 4. The van der Waals surface area contributed by atoms with Gasteiger partial charge in [-0.2, -0.15) is 0 Å². The Balaban J connectivity index is 3.07. The van der Waals surface area contributed by atoms with Crippen molar-refractivity contribution in [3.8, 4) is 0 Å². The Hall–Kier alpha value is -1.26. The molecule has 1 rings (SSSR count). The minimum absolute atomic E-state index is 0.131. The first kappa shape index (κ1) is 8.83. The Kier molecular flexibility index (Phi) is 2.52. The standard InChI is InChI=1S/C8H13N3O/c9-6-3-1-2-5(8(6)11)7(10)4-12/h1-3,7,12H,4,9-11H2/t7-/m1/s1. The van der Waals surface area contributed by atoms with Crippen LogP contribution in [0.1, 0.15) is 11.6 Å². The predicted molar refractivity (Wildman–Crippen MR) is 49.3 cm³/mol. The van der Waals surface area contributed by atoms with Crippen LogP contribution in [0.15, 0.2) is 18.2 Å². The molecule has 1 aromatic carbocycles. The molecule has 7 N–H and O–H groups in total. The number of aliphatic hydroxyl groups is 1. The zero-order valence-corrected chi connectivity index (χ0v) is 6.70. The maximum absolute atomic E-state index is 8.78. The number of hydrogen-bond acceptors (Lipinski definition) is 4. The van der Waals surface area contributed by atoms with Gasteiger partial charge in [0.1, 0.15) is 0 Å². The topological polar surface area (TPSA) is 98.3 Å². The van der Waals surface area contributed by atoms with Gasteiger partial charge >= 0.3 is 0 Å². The van der Waals surface area contributed by atoms with Gasteiger partial charge in [-0.3, -0.25) is 0 Å². The number of nitrogens with two attached hydrogens (primary N) is 3. The van der Waals surface area contributed by atoms with Crippen LogP contribution in [0.4, 0.5) is 11.4 Å². The highest BCUT2D eigenvalue weighted by molar-refractivity contribution is 5.67. The van der Waals surface area contributed by atoms with Gasteiger partial charge in [-0.15, -0.1) is 0 Å². The van der Waals surface area contributed by atoms with Crippen LogP contribution >= 0.6 is 0 Å². The second kappa shape index (κ2) is 3.42. The number of nitrogen functional groups attached to an aromatic ring is 2. The number of aliphatic hydroxyl groups excluding tert-OH is 1. The largest absolute Gasteiger partial charge is 0.397 e. The van der Waals surface area contributed by atoms with Crippen molar-refractivity contribution in [3.05, 3.63) is 23.8 Å². The van der Waals surface area contributed by atoms with Crippen LogP contribution in [0.3, 0.4) is 0 Å². The molecular weight excluding hydrogens is 154 g/mol. The number of para-hydroxylation sites is 1. The molecule has 0 saturated carbocycles. The van der Waals surface area contributed by atoms with Gasteiger partial charge in [0.05, 0.1) is 24.0 Å². The van der Waals surface area contributed by atoms with Gasteiger partial charge in [0.2, 0.25) is 0 Å². The van der Waals surface area contributed by atoms with Crippen molar-refractivity contribution < 1.29 is 5.11 Å². The maximum atomic E-state index is 8.78. The number of anilines is 2. The van der Waals surface area contributed by atoms with Gasteiger partial charge in [-0.25, -0.2) is 0 Å². The highest BCUT2D eigenvalue weighted by atomic mass is 16.3. The van der Waals surface area contributed by atoms with Crippen LogP contribution < -0.4 is 17.2 Å². The molecule has 4 nitrogen and oxygen atoms in total. The average molecular weight is 167 g/mol. The SMILES string of the molecule is Nc1cccc([C@H](N)CO)c1N. The van der Waals surface area contributed by atoms with E-state index in [1.165, 1.54) is 0 Å². The number of rotatable bonds is 2. The van der Waals surface area contributed by atoms with E-state index in [1.54, 1.807) is 18.2 Å². The Morgan fingerprint density at radius 1 is 1.33 bits per heavy atom. The second-order valence-electron chi connectivity index (χ2n) is 2.64. The first-order chi connectivity index (χ1) is 5.66. The van der Waals surface area contributed by atoms with Gasteiger partial charge in [0.15, 0.2) is 0 Å². The van der Waals surface area contributed by atoms with Crippen LogP contribution in [0.25, 0.3) is 0 Å². The summed E-state index contributed by atoms with van der Waals surface area (Å²) in [7, 11) is 0. The highest BCUT2D eigenvalue weighted by Gasteiger charge is 2.08. The number of benzene rings is 1. The molecule has 1 aromatic rings.